The molecule has 0 aliphatic carbocycles. The number of aromatic nitrogens is 2. The highest BCUT2D eigenvalue weighted by atomic mass is 32.2. The number of para-hydroxylation sites is 1. The zero-order chi connectivity index (χ0) is 21.1. The van der Waals surface area contributed by atoms with Gasteiger partial charge in [0, 0.05) is 41.2 Å². The second-order valence-electron chi connectivity index (χ2n) is 5.98. The van der Waals surface area contributed by atoms with E-state index < -0.39 is 28.1 Å². The summed E-state index contributed by atoms with van der Waals surface area (Å²) in [6.45, 7) is 0. The number of nitrogens with zero attached hydrogens (tertiary/aromatic N) is 3. The molecule has 8 nitrogen and oxygen atoms in total. The van der Waals surface area contributed by atoms with Gasteiger partial charge in [0.25, 0.3) is 0 Å². The molecule has 4 aromatic rings. The van der Waals surface area contributed by atoms with E-state index in [0.29, 0.717) is 21.7 Å². The molecule has 0 saturated carbocycles. The van der Waals surface area contributed by atoms with Gasteiger partial charge in [-0.2, -0.15) is 0 Å². The van der Waals surface area contributed by atoms with Crippen LogP contribution >= 0.6 is 11.8 Å². The number of ether oxygens (including phenoxy) is 1. The quantitative estimate of drug-likeness (QED) is 0.108. The summed E-state index contributed by atoms with van der Waals surface area (Å²) in [4.78, 5) is 31.5. The monoisotopic (exact) mass is 425 g/mol. The van der Waals surface area contributed by atoms with Gasteiger partial charge in [-0.15, -0.1) is 0 Å². The van der Waals surface area contributed by atoms with E-state index in [4.69, 9.17) is 9.15 Å². The zero-order valence-corrected chi connectivity index (χ0v) is 16.0. The molecule has 4 rings (SSSR count). The smallest absolute Gasteiger partial charge is 0.380 e. The predicted octanol–water partition coefficient (Wildman–Crippen LogP) is 4.78. The Labute approximate surface area is 172 Å². The van der Waals surface area contributed by atoms with Crippen LogP contribution < -0.4 is 4.74 Å². The van der Waals surface area contributed by atoms with Gasteiger partial charge in [0.1, 0.15) is 11.4 Å². The lowest BCUT2D eigenvalue weighted by molar-refractivity contribution is -0.385. The molecule has 0 aliphatic rings. The van der Waals surface area contributed by atoms with Crippen molar-refractivity contribution in [1.29, 1.82) is 0 Å². The van der Waals surface area contributed by atoms with E-state index in [1.807, 2.05) is 0 Å². The van der Waals surface area contributed by atoms with Gasteiger partial charge in [-0.25, -0.2) is 19.2 Å². The highest BCUT2D eigenvalue weighted by Gasteiger charge is 2.26. The molecule has 0 amide bonds. The maximum Gasteiger partial charge on any atom is 0.380 e. The van der Waals surface area contributed by atoms with Gasteiger partial charge in [0.15, 0.2) is 5.16 Å². The Bertz CT molecular complexity index is 1250. The number of esters is 1. The van der Waals surface area contributed by atoms with E-state index in [0.717, 1.165) is 18.2 Å². The molecule has 150 valence electrons. The molecule has 0 bridgehead atoms. The van der Waals surface area contributed by atoms with Crippen molar-refractivity contribution < 1.29 is 23.3 Å². The summed E-state index contributed by atoms with van der Waals surface area (Å²) >= 11 is 1.28. The fourth-order valence-corrected chi connectivity index (χ4v) is 3.60. The minimum atomic E-state index is -0.968. The Hall–Kier alpha value is -3.79. The van der Waals surface area contributed by atoms with E-state index in [1.165, 1.54) is 11.8 Å². The number of rotatable bonds is 6. The number of hydrogen-bond acceptors (Lipinski definition) is 8. The molecule has 0 N–H and O–H groups in total. The molecule has 30 heavy (non-hydrogen) atoms. The normalized spacial score (nSPS) is 10.8. The molecular weight excluding hydrogens is 413 g/mol. The average Bonchev–Trinajstić information content (AvgIpc) is 3.11. The lowest BCUT2D eigenvalue weighted by atomic mass is 10.1. The lowest BCUT2D eigenvalue weighted by Gasteiger charge is -2.05. The average molecular weight is 425 g/mol. The number of hydrogen-bond donors (Lipinski definition) is 0. The maximum atomic E-state index is 13.6. The Balaban J connectivity index is 1.69. The second kappa shape index (κ2) is 8.29. The van der Waals surface area contributed by atoms with Gasteiger partial charge < -0.3 is 9.15 Å². The van der Waals surface area contributed by atoms with E-state index in [2.05, 4.69) is 9.97 Å². The highest BCUT2D eigenvalue weighted by molar-refractivity contribution is 7.98. The predicted molar refractivity (Wildman–Crippen MR) is 106 cm³/mol. The van der Waals surface area contributed by atoms with Crippen molar-refractivity contribution in [1.82, 2.24) is 9.97 Å². The van der Waals surface area contributed by atoms with Crippen molar-refractivity contribution in [2.45, 2.75) is 10.9 Å². The van der Waals surface area contributed by atoms with Crippen molar-refractivity contribution in [3.63, 3.8) is 0 Å². The maximum absolute atomic E-state index is 13.6. The van der Waals surface area contributed by atoms with E-state index in [1.54, 1.807) is 42.7 Å². The second-order valence-corrected chi connectivity index (χ2v) is 6.93. The molecule has 0 spiro atoms. The van der Waals surface area contributed by atoms with Crippen LogP contribution in [0.3, 0.4) is 0 Å². The summed E-state index contributed by atoms with van der Waals surface area (Å²) in [7, 11) is 0. The molecule has 0 saturated heterocycles. The Morgan fingerprint density at radius 3 is 2.70 bits per heavy atom. The minimum absolute atomic E-state index is 0.127. The number of halogens is 1. The van der Waals surface area contributed by atoms with Crippen molar-refractivity contribution in [2.75, 3.05) is 0 Å². The van der Waals surface area contributed by atoms with E-state index in [-0.39, 0.29) is 11.5 Å². The number of fused-ring (bicyclic) bond motifs is 1. The third-order valence-corrected chi connectivity index (χ3v) is 4.99. The van der Waals surface area contributed by atoms with Crippen molar-refractivity contribution in [3.05, 3.63) is 88.2 Å². The number of nitro groups is 1. The van der Waals surface area contributed by atoms with Gasteiger partial charge in [-0.1, -0.05) is 30.0 Å². The van der Waals surface area contributed by atoms with Crippen LogP contribution in [0.4, 0.5) is 10.1 Å². The standard InChI is InChI=1S/C20H12FN3O5S/c21-12-6-7-15(24(26)27)17(10-12)29-19(25)18-14(11-30-20-22-8-3-9-23-20)13-4-1-2-5-16(13)28-18/h1-10H,11H2. The number of benzene rings is 2. The first-order valence-corrected chi connectivity index (χ1v) is 9.58. The van der Waals surface area contributed by atoms with Gasteiger partial charge in [-0.3, -0.25) is 10.1 Å². The van der Waals surface area contributed by atoms with Crippen molar-refractivity contribution in [3.8, 4) is 5.75 Å². The summed E-state index contributed by atoms with van der Waals surface area (Å²) in [5, 5.41) is 12.4. The van der Waals surface area contributed by atoms with E-state index >= 15 is 0 Å². The molecule has 2 aromatic carbocycles. The van der Waals surface area contributed by atoms with Crippen LogP contribution in [0.25, 0.3) is 11.0 Å². The molecule has 0 radical (unpaired) electrons. The first-order chi connectivity index (χ1) is 14.5. The molecule has 0 fully saturated rings. The van der Waals surface area contributed by atoms with Crippen LogP contribution in [-0.4, -0.2) is 20.9 Å². The summed E-state index contributed by atoms with van der Waals surface area (Å²) in [5.74, 6) is -2.08. The fraction of sp³-hybridized carbons (Fsp3) is 0.0500. The number of thioether (sulfide) groups is 1. The molecule has 0 unspecified atom stereocenters. The topological polar surface area (TPSA) is 108 Å². The summed E-state index contributed by atoms with van der Waals surface area (Å²) in [6.07, 6.45) is 3.20. The molecule has 2 aromatic heterocycles. The first kappa shape index (κ1) is 19.5. The van der Waals surface area contributed by atoms with Crippen LogP contribution in [0.2, 0.25) is 0 Å². The fourth-order valence-electron chi connectivity index (χ4n) is 2.77. The number of carbonyl (C=O) groups excluding carboxylic acids is 1. The minimum Gasteiger partial charge on any atom is -0.449 e. The van der Waals surface area contributed by atoms with Gasteiger partial charge in [0.2, 0.25) is 11.5 Å². The van der Waals surface area contributed by atoms with Gasteiger partial charge in [-0.05, 0) is 18.2 Å². The van der Waals surface area contributed by atoms with Crippen LogP contribution in [0.1, 0.15) is 16.1 Å². The van der Waals surface area contributed by atoms with Gasteiger partial charge in [0.05, 0.1) is 4.92 Å². The Morgan fingerprint density at radius 1 is 1.17 bits per heavy atom. The molecule has 0 aliphatic heterocycles. The first-order valence-electron chi connectivity index (χ1n) is 8.59. The third kappa shape index (κ3) is 3.98. The lowest BCUT2D eigenvalue weighted by Crippen LogP contribution is -2.11. The van der Waals surface area contributed by atoms with Gasteiger partial charge >= 0.3 is 11.7 Å². The summed E-state index contributed by atoms with van der Waals surface area (Å²) < 4.78 is 24.4. The molecule has 2 heterocycles. The molecular formula is C20H12FN3O5S. The van der Waals surface area contributed by atoms with Crippen molar-refractivity contribution >= 4 is 34.4 Å². The molecule has 10 heteroatoms. The van der Waals surface area contributed by atoms with Crippen LogP contribution in [0.15, 0.2) is 70.5 Å². The highest BCUT2D eigenvalue weighted by Crippen LogP contribution is 2.33. The SMILES string of the molecule is O=C(Oc1cc(F)ccc1[N+](=O)[O-])c1oc2ccccc2c1CSc1ncccn1. The van der Waals surface area contributed by atoms with Crippen LogP contribution in [-0.2, 0) is 5.75 Å². The van der Waals surface area contributed by atoms with Crippen molar-refractivity contribution in [2.24, 2.45) is 0 Å². The van der Waals surface area contributed by atoms with Crippen LogP contribution in [0, 0.1) is 15.9 Å². The third-order valence-electron chi connectivity index (χ3n) is 4.09. The summed E-state index contributed by atoms with van der Waals surface area (Å²) in [6, 6.07) is 11.3. The van der Waals surface area contributed by atoms with E-state index in [9.17, 15) is 19.3 Å². The Kier molecular flexibility index (Phi) is 5.40. The zero-order valence-electron chi connectivity index (χ0n) is 15.1. The number of furan rings is 1. The number of carbonyl (C=O) groups is 1. The van der Waals surface area contributed by atoms with Crippen LogP contribution in [0.5, 0.6) is 5.75 Å². The Morgan fingerprint density at radius 2 is 1.93 bits per heavy atom. The summed E-state index contributed by atoms with van der Waals surface area (Å²) in [5.41, 5.74) is 0.435. The molecule has 0 atom stereocenters. The largest absolute Gasteiger partial charge is 0.449 e. The number of nitro benzene ring substituents is 1.